The Morgan fingerprint density at radius 2 is 2.31 bits per heavy atom. The van der Waals surface area contributed by atoms with Crippen LogP contribution >= 0.6 is 12.2 Å². The Bertz CT molecular complexity index is 266. The molecule has 1 unspecified atom stereocenters. The zero-order valence-electron chi connectivity index (χ0n) is 10.1. The van der Waals surface area contributed by atoms with Crippen LogP contribution in [-0.2, 0) is 4.74 Å². The zero-order valence-corrected chi connectivity index (χ0v) is 10.9. The van der Waals surface area contributed by atoms with Crippen LogP contribution in [0.25, 0.3) is 0 Å². The summed E-state index contributed by atoms with van der Waals surface area (Å²) in [7, 11) is 2.18. The molecule has 1 saturated carbocycles. The van der Waals surface area contributed by atoms with Crippen LogP contribution < -0.4 is 5.73 Å². The van der Waals surface area contributed by atoms with Gasteiger partial charge >= 0.3 is 0 Å². The van der Waals surface area contributed by atoms with Gasteiger partial charge in [-0.05, 0) is 39.2 Å². The third-order valence-electron chi connectivity index (χ3n) is 4.07. The molecule has 1 aliphatic carbocycles. The summed E-state index contributed by atoms with van der Waals surface area (Å²) < 4.78 is 5.93. The highest BCUT2D eigenvalue weighted by Gasteiger charge is 2.43. The van der Waals surface area contributed by atoms with E-state index in [1.807, 2.05) is 0 Å². The van der Waals surface area contributed by atoms with Crippen molar-refractivity contribution in [3.05, 3.63) is 0 Å². The average molecular weight is 242 g/mol. The summed E-state index contributed by atoms with van der Waals surface area (Å²) in [6.07, 6.45) is 7.02. The maximum atomic E-state index is 5.93. The van der Waals surface area contributed by atoms with Crippen molar-refractivity contribution in [3.8, 4) is 0 Å². The quantitative estimate of drug-likeness (QED) is 0.762. The van der Waals surface area contributed by atoms with Crippen molar-refractivity contribution >= 4 is 17.2 Å². The Morgan fingerprint density at radius 3 is 2.88 bits per heavy atom. The van der Waals surface area contributed by atoms with Gasteiger partial charge < -0.3 is 15.4 Å². The lowest BCUT2D eigenvalue weighted by Crippen LogP contribution is -2.51. The normalized spacial score (nSPS) is 28.0. The van der Waals surface area contributed by atoms with E-state index < -0.39 is 0 Å². The Kier molecular flexibility index (Phi) is 3.82. The average Bonchev–Trinajstić information content (AvgIpc) is 2.24. The van der Waals surface area contributed by atoms with Gasteiger partial charge in [-0.15, -0.1) is 0 Å². The molecule has 0 aromatic rings. The zero-order chi connectivity index (χ0) is 11.6. The van der Waals surface area contributed by atoms with Gasteiger partial charge in [-0.25, -0.2) is 0 Å². The predicted octanol–water partition coefficient (Wildman–Crippen LogP) is 1.70. The van der Waals surface area contributed by atoms with Crippen LogP contribution in [0.3, 0.4) is 0 Å². The van der Waals surface area contributed by atoms with Crippen LogP contribution in [0, 0.1) is 0 Å². The summed E-state index contributed by atoms with van der Waals surface area (Å²) in [5, 5.41) is 0. The molecule has 1 aliphatic heterocycles. The van der Waals surface area contributed by atoms with Crippen LogP contribution in [0.15, 0.2) is 0 Å². The van der Waals surface area contributed by atoms with Crippen LogP contribution in [-0.4, -0.2) is 41.7 Å². The van der Waals surface area contributed by atoms with Crippen LogP contribution in [0.4, 0.5) is 0 Å². The summed E-state index contributed by atoms with van der Waals surface area (Å²) in [6, 6.07) is 0.656. The second-order valence-corrected chi connectivity index (χ2v) is 5.75. The number of rotatable bonds is 4. The fourth-order valence-electron chi connectivity index (χ4n) is 2.77. The minimum Gasteiger partial charge on any atom is -0.393 e. The molecule has 4 heteroatoms. The monoisotopic (exact) mass is 242 g/mol. The van der Waals surface area contributed by atoms with Gasteiger partial charge in [-0.1, -0.05) is 12.2 Å². The molecule has 0 amide bonds. The molecule has 2 fully saturated rings. The second-order valence-electron chi connectivity index (χ2n) is 5.23. The van der Waals surface area contributed by atoms with Crippen molar-refractivity contribution < 1.29 is 4.74 Å². The molecule has 1 saturated heterocycles. The molecule has 0 aromatic carbocycles. The van der Waals surface area contributed by atoms with Crippen molar-refractivity contribution in [2.24, 2.45) is 5.73 Å². The van der Waals surface area contributed by atoms with Gasteiger partial charge in [-0.2, -0.15) is 0 Å². The summed E-state index contributed by atoms with van der Waals surface area (Å²) in [5.41, 5.74) is 5.78. The molecule has 0 radical (unpaired) electrons. The van der Waals surface area contributed by atoms with E-state index in [-0.39, 0.29) is 5.60 Å². The molecule has 1 heterocycles. The molecular weight excluding hydrogens is 220 g/mol. The van der Waals surface area contributed by atoms with E-state index in [1.54, 1.807) is 0 Å². The Morgan fingerprint density at radius 1 is 1.56 bits per heavy atom. The van der Waals surface area contributed by atoms with Gasteiger partial charge in [0.2, 0.25) is 0 Å². The summed E-state index contributed by atoms with van der Waals surface area (Å²) >= 11 is 4.92. The topological polar surface area (TPSA) is 38.5 Å². The molecule has 3 nitrogen and oxygen atoms in total. The van der Waals surface area contributed by atoms with Crippen molar-refractivity contribution in [3.63, 3.8) is 0 Å². The van der Waals surface area contributed by atoms with Crippen molar-refractivity contribution in [2.45, 2.75) is 50.2 Å². The molecule has 0 aromatic heterocycles. The third kappa shape index (κ3) is 2.73. The lowest BCUT2D eigenvalue weighted by atomic mass is 9.73. The molecule has 1 spiro atoms. The Hall–Kier alpha value is -0.190. The lowest BCUT2D eigenvalue weighted by Gasteiger charge is -2.49. The fraction of sp³-hybridized carbons (Fsp3) is 0.917. The largest absolute Gasteiger partial charge is 0.393 e. The molecule has 2 N–H and O–H groups in total. The first-order chi connectivity index (χ1) is 7.61. The third-order valence-corrected chi connectivity index (χ3v) is 4.27. The number of nitrogens with two attached hydrogens (primary N) is 1. The van der Waals surface area contributed by atoms with Crippen LogP contribution in [0.1, 0.15) is 38.5 Å². The van der Waals surface area contributed by atoms with Crippen molar-refractivity contribution in [1.29, 1.82) is 0 Å². The van der Waals surface area contributed by atoms with E-state index in [1.165, 1.54) is 25.7 Å². The molecule has 2 rings (SSSR count). The highest BCUT2D eigenvalue weighted by atomic mass is 32.1. The maximum absolute atomic E-state index is 5.93. The highest BCUT2D eigenvalue weighted by Crippen LogP contribution is 2.43. The number of ether oxygens (including phenoxy) is 1. The van der Waals surface area contributed by atoms with Crippen molar-refractivity contribution in [2.75, 3.05) is 20.2 Å². The van der Waals surface area contributed by atoms with E-state index in [0.29, 0.717) is 11.0 Å². The SMILES string of the molecule is CN(CCC(N)=S)C1CCOC2(CCC2)C1. The molecule has 92 valence electrons. The summed E-state index contributed by atoms with van der Waals surface area (Å²) in [5.74, 6) is 0. The summed E-state index contributed by atoms with van der Waals surface area (Å²) in [6.45, 7) is 1.90. The smallest absolute Gasteiger partial charge is 0.0740 e. The first-order valence-electron chi connectivity index (χ1n) is 6.24. The van der Waals surface area contributed by atoms with Gasteiger partial charge in [0.05, 0.1) is 10.6 Å². The standard InChI is InChI=1S/C12H22N2OS/c1-14(7-3-11(13)16)10-4-8-15-12(9-10)5-2-6-12/h10H,2-9H2,1H3,(H2,13,16). The lowest BCUT2D eigenvalue weighted by molar-refractivity contribution is -0.146. The second kappa shape index (κ2) is 4.98. The van der Waals surface area contributed by atoms with E-state index in [9.17, 15) is 0 Å². The van der Waals surface area contributed by atoms with Crippen LogP contribution in [0.2, 0.25) is 0 Å². The summed E-state index contributed by atoms with van der Waals surface area (Å²) in [4.78, 5) is 3.03. The number of hydrogen-bond acceptors (Lipinski definition) is 3. The number of hydrogen-bond donors (Lipinski definition) is 1. The number of thiocarbonyl (C=S) groups is 1. The van der Waals surface area contributed by atoms with Gasteiger partial charge in [0.1, 0.15) is 0 Å². The fourth-order valence-corrected chi connectivity index (χ4v) is 2.86. The molecular formula is C12H22N2OS. The molecule has 16 heavy (non-hydrogen) atoms. The molecule has 1 atom stereocenters. The predicted molar refractivity (Wildman–Crippen MR) is 69.6 cm³/mol. The van der Waals surface area contributed by atoms with Crippen LogP contribution in [0.5, 0.6) is 0 Å². The maximum Gasteiger partial charge on any atom is 0.0740 e. The number of nitrogens with zero attached hydrogens (tertiary/aromatic N) is 1. The minimum absolute atomic E-state index is 0.237. The molecule has 2 aliphatic rings. The van der Waals surface area contributed by atoms with Gasteiger partial charge in [0.15, 0.2) is 0 Å². The van der Waals surface area contributed by atoms with Crippen molar-refractivity contribution in [1.82, 2.24) is 4.90 Å². The first-order valence-corrected chi connectivity index (χ1v) is 6.65. The minimum atomic E-state index is 0.237. The molecule has 0 bridgehead atoms. The van der Waals surface area contributed by atoms with Gasteiger partial charge in [0, 0.05) is 25.6 Å². The van der Waals surface area contributed by atoms with Gasteiger partial charge in [0.25, 0.3) is 0 Å². The van der Waals surface area contributed by atoms with E-state index >= 15 is 0 Å². The Balaban J connectivity index is 1.81. The van der Waals surface area contributed by atoms with E-state index in [0.717, 1.165) is 26.0 Å². The van der Waals surface area contributed by atoms with E-state index in [2.05, 4.69) is 11.9 Å². The Labute approximate surface area is 103 Å². The van der Waals surface area contributed by atoms with Gasteiger partial charge in [-0.3, -0.25) is 0 Å². The van der Waals surface area contributed by atoms with E-state index in [4.69, 9.17) is 22.7 Å². The highest BCUT2D eigenvalue weighted by molar-refractivity contribution is 7.80. The first kappa shape index (κ1) is 12.3.